The number of nitrogens with two attached hydrogens (primary N) is 2. The molecule has 0 amide bonds. The zero-order chi connectivity index (χ0) is 23.7. The third kappa shape index (κ3) is 4.14. The van der Waals surface area contributed by atoms with E-state index in [1.54, 1.807) is 11.3 Å². The van der Waals surface area contributed by atoms with Crippen LogP contribution in [-0.4, -0.2) is 18.5 Å². The second kappa shape index (κ2) is 9.47. The molecule has 1 aliphatic carbocycles. The largest absolute Gasteiger partial charge is 0.462 e. The molecule has 34 heavy (non-hydrogen) atoms. The van der Waals surface area contributed by atoms with Crippen molar-refractivity contribution in [1.29, 1.82) is 0 Å². The Morgan fingerprint density at radius 1 is 1.03 bits per heavy atom. The summed E-state index contributed by atoms with van der Waals surface area (Å²) >= 11 is 1.57. The number of fused-ring (bicyclic) bond motifs is 2. The van der Waals surface area contributed by atoms with Crippen molar-refractivity contribution in [2.24, 2.45) is 16.5 Å². The summed E-state index contributed by atoms with van der Waals surface area (Å²) in [6, 6.07) is 19.5. The molecule has 1 heterocycles. The molecule has 5 nitrogen and oxygen atoms in total. The Morgan fingerprint density at radius 3 is 2.56 bits per heavy atom. The minimum absolute atomic E-state index is 0.00959. The molecule has 0 atom stereocenters. The van der Waals surface area contributed by atoms with Crippen molar-refractivity contribution in [2.45, 2.75) is 45.1 Å². The Bertz CT molecular complexity index is 1390. The highest BCUT2D eigenvalue weighted by molar-refractivity contribution is 7.19. The van der Waals surface area contributed by atoms with E-state index in [0.717, 1.165) is 15.0 Å². The molecule has 0 saturated heterocycles. The van der Waals surface area contributed by atoms with Crippen molar-refractivity contribution in [1.82, 2.24) is 0 Å². The molecule has 5 rings (SSSR count). The minimum atomic E-state index is -0.315. The third-order valence-electron chi connectivity index (χ3n) is 6.69. The number of nitrogens with zero attached hydrogens (tertiary/aromatic N) is 1. The molecule has 4 N–H and O–H groups in total. The molecule has 0 aliphatic heterocycles. The van der Waals surface area contributed by atoms with Crippen LogP contribution >= 0.6 is 11.3 Å². The Balaban J connectivity index is 1.78. The number of rotatable bonds is 6. The van der Waals surface area contributed by atoms with Gasteiger partial charge in [0.1, 0.15) is 0 Å². The number of esters is 1. The van der Waals surface area contributed by atoms with Crippen LogP contribution in [0.2, 0.25) is 0 Å². The highest BCUT2D eigenvalue weighted by Crippen LogP contribution is 2.45. The van der Waals surface area contributed by atoms with Crippen LogP contribution in [0.3, 0.4) is 0 Å². The van der Waals surface area contributed by atoms with Gasteiger partial charge in [-0.05, 0) is 65.3 Å². The van der Waals surface area contributed by atoms with E-state index in [4.69, 9.17) is 16.2 Å². The first-order valence-electron chi connectivity index (χ1n) is 11.9. The fourth-order valence-corrected chi connectivity index (χ4v) is 6.32. The molecule has 1 fully saturated rings. The number of ether oxygens (including phenoxy) is 1. The first kappa shape index (κ1) is 22.4. The van der Waals surface area contributed by atoms with Crippen molar-refractivity contribution < 1.29 is 9.53 Å². The SMILES string of the molecule is CCOC(=O)c1c(CN=C(N)N)sc2cc(-c3cccc4ccccc34)c(C3CCCC3)cc12. The van der Waals surface area contributed by atoms with Crippen LogP contribution in [0.25, 0.3) is 32.0 Å². The number of carbonyl (C=O) groups excluding carboxylic acids is 1. The minimum Gasteiger partial charge on any atom is -0.462 e. The van der Waals surface area contributed by atoms with Gasteiger partial charge in [-0.2, -0.15) is 0 Å². The first-order valence-corrected chi connectivity index (χ1v) is 12.7. The number of aliphatic imine (C=N–C) groups is 1. The van der Waals surface area contributed by atoms with E-state index < -0.39 is 0 Å². The molecule has 3 aromatic carbocycles. The normalized spacial score (nSPS) is 14.0. The van der Waals surface area contributed by atoms with E-state index >= 15 is 0 Å². The molecule has 0 bridgehead atoms. The summed E-state index contributed by atoms with van der Waals surface area (Å²) in [7, 11) is 0. The fraction of sp³-hybridized carbons (Fsp3) is 0.286. The van der Waals surface area contributed by atoms with E-state index in [1.807, 2.05) is 6.92 Å². The monoisotopic (exact) mass is 471 g/mol. The Hall–Kier alpha value is -3.38. The number of guanidine groups is 1. The number of hydrogen-bond acceptors (Lipinski definition) is 4. The molecule has 0 unspecified atom stereocenters. The van der Waals surface area contributed by atoms with Crippen LogP contribution in [0, 0.1) is 0 Å². The maximum atomic E-state index is 13.0. The quantitative estimate of drug-likeness (QED) is 0.195. The zero-order valence-electron chi connectivity index (χ0n) is 19.3. The average Bonchev–Trinajstić information content (AvgIpc) is 3.49. The lowest BCUT2D eigenvalue weighted by Gasteiger charge is -2.18. The van der Waals surface area contributed by atoms with Gasteiger partial charge >= 0.3 is 5.97 Å². The summed E-state index contributed by atoms with van der Waals surface area (Å²) in [5.74, 6) is 0.176. The van der Waals surface area contributed by atoms with Crippen LogP contribution in [0.4, 0.5) is 0 Å². The van der Waals surface area contributed by atoms with Gasteiger partial charge in [-0.1, -0.05) is 55.3 Å². The van der Waals surface area contributed by atoms with Crippen LogP contribution in [0.5, 0.6) is 0 Å². The molecule has 1 saturated carbocycles. The van der Waals surface area contributed by atoms with Crippen molar-refractivity contribution in [3.05, 3.63) is 70.6 Å². The van der Waals surface area contributed by atoms with Gasteiger partial charge in [-0.3, -0.25) is 0 Å². The van der Waals surface area contributed by atoms with Gasteiger partial charge in [-0.15, -0.1) is 11.3 Å². The highest BCUT2D eigenvalue weighted by atomic mass is 32.1. The lowest BCUT2D eigenvalue weighted by atomic mass is 9.86. The smallest absolute Gasteiger partial charge is 0.339 e. The van der Waals surface area contributed by atoms with Gasteiger partial charge in [0.2, 0.25) is 0 Å². The zero-order valence-corrected chi connectivity index (χ0v) is 20.2. The average molecular weight is 472 g/mol. The Kier molecular flexibility index (Phi) is 6.24. The molecule has 0 spiro atoms. The lowest BCUT2D eigenvalue weighted by Crippen LogP contribution is -2.22. The summed E-state index contributed by atoms with van der Waals surface area (Å²) in [6.07, 6.45) is 4.82. The van der Waals surface area contributed by atoms with E-state index in [2.05, 4.69) is 59.6 Å². The molecule has 1 aromatic heterocycles. The number of hydrogen-bond donors (Lipinski definition) is 2. The molecule has 0 radical (unpaired) electrons. The maximum absolute atomic E-state index is 13.0. The summed E-state index contributed by atoms with van der Waals surface area (Å²) < 4.78 is 6.49. The van der Waals surface area contributed by atoms with E-state index in [-0.39, 0.29) is 18.5 Å². The van der Waals surface area contributed by atoms with Gasteiger partial charge in [0.05, 0.1) is 18.7 Å². The van der Waals surface area contributed by atoms with Crippen molar-refractivity contribution in [3.8, 4) is 11.1 Å². The summed E-state index contributed by atoms with van der Waals surface area (Å²) in [4.78, 5) is 18.0. The number of thiophene rings is 1. The van der Waals surface area contributed by atoms with Gasteiger partial charge in [-0.25, -0.2) is 9.79 Å². The summed E-state index contributed by atoms with van der Waals surface area (Å²) in [5.41, 5.74) is 15.6. The van der Waals surface area contributed by atoms with Crippen LogP contribution in [-0.2, 0) is 11.3 Å². The van der Waals surface area contributed by atoms with E-state index in [1.165, 1.54) is 53.1 Å². The third-order valence-corrected chi connectivity index (χ3v) is 7.83. The van der Waals surface area contributed by atoms with Gasteiger partial charge in [0.15, 0.2) is 5.96 Å². The molecule has 174 valence electrons. The molecular formula is C28H29N3O2S. The Morgan fingerprint density at radius 2 is 1.79 bits per heavy atom. The first-order chi connectivity index (χ1) is 16.6. The lowest BCUT2D eigenvalue weighted by molar-refractivity contribution is 0.0528. The van der Waals surface area contributed by atoms with Crippen molar-refractivity contribution in [2.75, 3.05) is 6.61 Å². The maximum Gasteiger partial charge on any atom is 0.339 e. The number of carbonyl (C=O) groups is 1. The predicted octanol–water partition coefficient (Wildman–Crippen LogP) is 6.33. The topological polar surface area (TPSA) is 90.7 Å². The van der Waals surface area contributed by atoms with Crippen molar-refractivity contribution >= 4 is 44.1 Å². The second-order valence-electron chi connectivity index (χ2n) is 8.81. The Labute approximate surface area is 203 Å². The van der Waals surface area contributed by atoms with Gasteiger partial charge < -0.3 is 16.2 Å². The highest BCUT2D eigenvalue weighted by Gasteiger charge is 2.26. The molecule has 1 aliphatic rings. The summed E-state index contributed by atoms with van der Waals surface area (Å²) in [6.45, 7) is 2.41. The van der Waals surface area contributed by atoms with Crippen LogP contribution in [0.1, 0.15) is 59.3 Å². The molecular weight excluding hydrogens is 442 g/mol. The number of benzene rings is 3. The van der Waals surface area contributed by atoms with E-state index in [0.29, 0.717) is 18.1 Å². The van der Waals surface area contributed by atoms with Crippen molar-refractivity contribution in [3.63, 3.8) is 0 Å². The molecule has 6 heteroatoms. The van der Waals surface area contributed by atoms with Crippen LogP contribution in [0.15, 0.2) is 59.6 Å². The standard InChI is InChI=1S/C28H29N3O2S/c1-2-33-27(32)26-23-14-21(18-9-3-4-10-18)22(15-24(23)34-25(26)16-31-28(29)30)20-13-7-11-17-8-5-6-12-19(17)20/h5-8,11-15,18H,2-4,9-10,16H2,1H3,(H4,29,30,31). The molecule has 4 aromatic rings. The van der Waals surface area contributed by atoms with E-state index in [9.17, 15) is 4.79 Å². The van der Waals surface area contributed by atoms with Crippen LogP contribution < -0.4 is 11.5 Å². The fourth-order valence-electron chi connectivity index (χ4n) is 5.18. The predicted molar refractivity (Wildman–Crippen MR) is 141 cm³/mol. The second-order valence-corrected chi connectivity index (χ2v) is 9.94. The van der Waals surface area contributed by atoms with Gasteiger partial charge in [0, 0.05) is 15.0 Å². The van der Waals surface area contributed by atoms with Gasteiger partial charge in [0.25, 0.3) is 0 Å². The summed E-state index contributed by atoms with van der Waals surface area (Å²) in [5, 5.41) is 3.41.